The van der Waals surface area contributed by atoms with Crippen molar-refractivity contribution in [3.63, 3.8) is 0 Å². The Bertz CT molecular complexity index is 428. The molecule has 0 saturated heterocycles. The SMILES string of the molecule is CCOC=O.Fc1ccc2nccn2c1. The maximum absolute atomic E-state index is 12.5. The minimum atomic E-state index is -0.245. The van der Waals surface area contributed by atoms with Gasteiger partial charge >= 0.3 is 0 Å². The molecule has 0 radical (unpaired) electrons. The second kappa shape index (κ2) is 5.74. The van der Waals surface area contributed by atoms with Gasteiger partial charge in [-0.2, -0.15) is 0 Å². The zero-order chi connectivity index (χ0) is 11.1. The lowest BCUT2D eigenvalue weighted by molar-refractivity contribution is -0.128. The number of carbonyl (C=O) groups excluding carboxylic acids is 1. The lowest BCUT2D eigenvalue weighted by Crippen LogP contribution is -1.83. The van der Waals surface area contributed by atoms with Crippen molar-refractivity contribution in [1.82, 2.24) is 9.38 Å². The summed E-state index contributed by atoms with van der Waals surface area (Å²) in [5, 5.41) is 0. The van der Waals surface area contributed by atoms with Gasteiger partial charge in [-0.1, -0.05) is 0 Å². The fourth-order valence-corrected chi connectivity index (χ4v) is 0.961. The summed E-state index contributed by atoms with van der Waals surface area (Å²) in [6, 6.07) is 3.03. The molecule has 0 saturated carbocycles. The Balaban J connectivity index is 0.000000195. The van der Waals surface area contributed by atoms with Gasteiger partial charge in [0.1, 0.15) is 11.5 Å². The Kier molecular flexibility index (Phi) is 4.28. The zero-order valence-electron chi connectivity index (χ0n) is 8.26. The second-order valence-electron chi connectivity index (χ2n) is 2.59. The number of imidazole rings is 1. The highest BCUT2D eigenvalue weighted by Gasteiger charge is 1.92. The molecule has 0 aliphatic rings. The van der Waals surface area contributed by atoms with Gasteiger partial charge in [-0.25, -0.2) is 9.37 Å². The maximum Gasteiger partial charge on any atom is 0.293 e. The van der Waals surface area contributed by atoms with Crippen LogP contribution < -0.4 is 0 Å². The van der Waals surface area contributed by atoms with E-state index in [1.165, 1.54) is 12.3 Å². The standard InChI is InChI=1S/C7H5FN2.C3H6O2/c8-6-1-2-7-9-3-4-10(7)5-6;1-2-5-3-4/h1-5H;3H,2H2,1H3. The molecule has 0 atom stereocenters. The lowest BCUT2D eigenvalue weighted by atomic mass is 10.5. The second-order valence-corrected chi connectivity index (χ2v) is 2.59. The van der Waals surface area contributed by atoms with Crippen molar-refractivity contribution in [2.24, 2.45) is 0 Å². The van der Waals surface area contributed by atoms with E-state index < -0.39 is 0 Å². The largest absolute Gasteiger partial charge is 0.468 e. The van der Waals surface area contributed by atoms with E-state index in [1.807, 2.05) is 0 Å². The number of fused-ring (bicyclic) bond motifs is 1. The van der Waals surface area contributed by atoms with Crippen LogP contribution in [0.4, 0.5) is 4.39 Å². The Morgan fingerprint density at radius 1 is 1.60 bits per heavy atom. The number of pyridine rings is 1. The quantitative estimate of drug-likeness (QED) is 0.708. The molecule has 2 heterocycles. The molecule has 0 unspecified atom stereocenters. The molecule has 0 aliphatic carbocycles. The van der Waals surface area contributed by atoms with Crippen LogP contribution in [0.25, 0.3) is 5.65 Å². The van der Waals surface area contributed by atoms with E-state index in [4.69, 9.17) is 0 Å². The van der Waals surface area contributed by atoms with Gasteiger partial charge in [0.25, 0.3) is 6.47 Å². The molecule has 5 heteroatoms. The van der Waals surface area contributed by atoms with Gasteiger partial charge < -0.3 is 9.14 Å². The molecule has 0 N–H and O–H groups in total. The first-order valence-electron chi connectivity index (χ1n) is 4.41. The Morgan fingerprint density at radius 3 is 3.00 bits per heavy atom. The molecule has 0 amide bonds. The first-order valence-corrected chi connectivity index (χ1v) is 4.41. The molecule has 2 aromatic rings. The molecule has 4 nitrogen and oxygen atoms in total. The van der Waals surface area contributed by atoms with Crippen molar-refractivity contribution in [2.75, 3.05) is 6.61 Å². The van der Waals surface area contributed by atoms with Crippen LogP contribution >= 0.6 is 0 Å². The number of aromatic nitrogens is 2. The highest BCUT2D eigenvalue weighted by atomic mass is 19.1. The summed E-state index contributed by atoms with van der Waals surface area (Å²) in [7, 11) is 0. The normalized spacial score (nSPS) is 9.20. The topological polar surface area (TPSA) is 43.6 Å². The first kappa shape index (κ1) is 11.2. The minimum absolute atomic E-state index is 0.245. The molecule has 0 aromatic carbocycles. The van der Waals surface area contributed by atoms with Gasteiger partial charge in [-0.15, -0.1) is 0 Å². The highest BCUT2D eigenvalue weighted by molar-refractivity contribution is 5.37. The van der Waals surface area contributed by atoms with Crippen LogP contribution in [0.5, 0.6) is 0 Å². The lowest BCUT2D eigenvalue weighted by Gasteiger charge is -1.90. The predicted octanol–water partition coefficient (Wildman–Crippen LogP) is 1.65. The van der Waals surface area contributed by atoms with E-state index in [9.17, 15) is 9.18 Å². The fourth-order valence-electron chi connectivity index (χ4n) is 0.961. The van der Waals surface area contributed by atoms with E-state index >= 15 is 0 Å². The molecule has 0 bridgehead atoms. The minimum Gasteiger partial charge on any atom is -0.468 e. The predicted molar refractivity (Wildman–Crippen MR) is 52.8 cm³/mol. The maximum atomic E-state index is 12.5. The molecule has 0 spiro atoms. The Morgan fingerprint density at radius 2 is 2.40 bits per heavy atom. The molecule has 80 valence electrons. The number of hydrogen-bond acceptors (Lipinski definition) is 3. The third-order valence-corrected chi connectivity index (χ3v) is 1.59. The first-order chi connectivity index (χ1) is 7.27. The summed E-state index contributed by atoms with van der Waals surface area (Å²) < 4.78 is 18.3. The molecule has 0 aliphatic heterocycles. The van der Waals surface area contributed by atoms with Crippen molar-refractivity contribution in [3.05, 3.63) is 36.5 Å². The van der Waals surface area contributed by atoms with Crippen molar-refractivity contribution >= 4 is 12.1 Å². The van der Waals surface area contributed by atoms with Gasteiger partial charge in [-0.05, 0) is 19.1 Å². The number of rotatable bonds is 2. The summed E-state index contributed by atoms with van der Waals surface area (Å²) in [5.41, 5.74) is 0.765. The van der Waals surface area contributed by atoms with E-state index in [1.54, 1.807) is 29.8 Å². The van der Waals surface area contributed by atoms with E-state index in [-0.39, 0.29) is 5.82 Å². The smallest absolute Gasteiger partial charge is 0.293 e. The van der Waals surface area contributed by atoms with Gasteiger partial charge in [0.15, 0.2) is 0 Å². The Hall–Kier alpha value is -1.91. The molecule has 2 aromatic heterocycles. The van der Waals surface area contributed by atoms with Crippen LogP contribution in [0.3, 0.4) is 0 Å². The van der Waals surface area contributed by atoms with Crippen molar-refractivity contribution < 1.29 is 13.9 Å². The van der Waals surface area contributed by atoms with Gasteiger partial charge in [0, 0.05) is 18.6 Å². The van der Waals surface area contributed by atoms with Crippen LogP contribution in [0.2, 0.25) is 0 Å². The van der Waals surface area contributed by atoms with Crippen LogP contribution in [0.1, 0.15) is 6.92 Å². The van der Waals surface area contributed by atoms with Crippen molar-refractivity contribution in [3.8, 4) is 0 Å². The van der Waals surface area contributed by atoms with Crippen LogP contribution in [0.15, 0.2) is 30.7 Å². The summed E-state index contributed by atoms with van der Waals surface area (Å²) in [5.74, 6) is -0.245. The number of carbonyl (C=O) groups is 1. The molecular weight excluding hydrogens is 199 g/mol. The summed E-state index contributed by atoms with van der Waals surface area (Å²) in [4.78, 5) is 13.1. The molecule has 2 rings (SSSR count). The average molecular weight is 210 g/mol. The van der Waals surface area contributed by atoms with Crippen LogP contribution in [-0.4, -0.2) is 22.5 Å². The summed E-state index contributed by atoms with van der Waals surface area (Å²) >= 11 is 0. The fraction of sp³-hybridized carbons (Fsp3) is 0.200. The van der Waals surface area contributed by atoms with Gasteiger partial charge in [0.05, 0.1) is 6.61 Å². The summed E-state index contributed by atoms with van der Waals surface area (Å²) in [6.45, 7) is 2.66. The highest BCUT2D eigenvalue weighted by Crippen LogP contribution is 2.01. The molecule has 15 heavy (non-hydrogen) atoms. The van der Waals surface area contributed by atoms with Gasteiger partial charge in [0.2, 0.25) is 0 Å². The number of ether oxygens (including phenoxy) is 1. The Labute approximate surface area is 86.3 Å². The van der Waals surface area contributed by atoms with E-state index in [0.717, 1.165) is 5.65 Å². The summed E-state index contributed by atoms with van der Waals surface area (Å²) in [6.07, 6.45) is 4.73. The average Bonchev–Trinajstić information content (AvgIpc) is 2.67. The molecular formula is C10H11FN2O2. The van der Waals surface area contributed by atoms with E-state index in [0.29, 0.717) is 13.1 Å². The van der Waals surface area contributed by atoms with Crippen LogP contribution in [-0.2, 0) is 9.53 Å². The number of hydrogen-bond donors (Lipinski definition) is 0. The van der Waals surface area contributed by atoms with E-state index in [2.05, 4.69) is 9.72 Å². The third-order valence-electron chi connectivity index (χ3n) is 1.59. The van der Waals surface area contributed by atoms with Crippen molar-refractivity contribution in [1.29, 1.82) is 0 Å². The third kappa shape index (κ3) is 3.38. The molecule has 0 fully saturated rings. The zero-order valence-corrected chi connectivity index (χ0v) is 8.26. The monoisotopic (exact) mass is 210 g/mol. The van der Waals surface area contributed by atoms with Crippen molar-refractivity contribution in [2.45, 2.75) is 6.92 Å². The number of halogens is 1. The number of nitrogens with zero attached hydrogens (tertiary/aromatic N) is 2. The van der Waals surface area contributed by atoms with Crippen LogP contribution in [0, 0.1) is 5.82 Å². The van der Waals surface area contributed by atoms with Gasteiger partial charge in [-0.3, -0.25) is 4.79 Å².